The topological polar surface area (TPSA) is 78.4 Å². The van der Waals surface area contributed by atoms with Crippen molar-refractivity contribution in [3.63, 3.8) is 0 Å². The molecule has 0 aromatic heterocycles. The first-order valence-corrected chi connectivity index (χ1v) is 10.7. The van der Waals surface area contributed by atoms with E-state index in [1.165, 1.54) is 12.7 Å². The second-order valence-corrected chi connectivity index (χ2v) is 8.21. The molecule has 2 saturated carbocycles. The third-order valence-electron chi connectivity index (χ3n) is 6.15. The lowest BCUT2D eigenvalue weighted by atomic mass is 9.79. The second-order valence-electron chi connectivity index (χ2n) is 8.21. The van der Waals surface area contributed by atoms with Crippen LogP contribution < -0.4 is 5.43 Å². The summed E-state index contributed by atoms with van der Waals surface area (Å²) in [6.07, 6.45) is 4.03. The molecule has 1 aromatic carbocycles. The van der Waals surface area contributed by atoms with Crippen LogP contribution >= 0.6 is 0 Å². The highest BCUT2D eigenvalue weighted by atomic mass is 16.7. The van der Waals surface area contributed by atoms with Crippen LogP contribution in [0.2, 0.25) is 0 Å². The van der Waals surface area contributed by atoms with Crippen LogP contribution in [0.1, 0.15) is 37.7 Å². The van der Waals surface area contributed by atoms with Gasteiger partial charge >= 0.3 is 5.97 Å². The molecule has 2 fully saturated rings. The van der Waals surface area contributed by atoms with Gasteiger partial charge in [-0.15, -0.1) is 0 Å². The fourth-order valence-electron chi connectivity index (χ4n) is 4.31. The van der Waals surface area contributed by atoms with Crippen molar-refractivity contribution in [2.24, 2.45) is 22.9 Å². The lowest BCUT2D eigenvalue weighted by Gasteiger charge is -2.36. The van der Waals surface area contributed by atoms with E-state index < -0.39 is 0 Å². The number of carbonyl (C=O) groups is 1. The molecule has 0 aliphatic heterocycles. The van der Waals surface area contributed by atoms with Crippen LogP contribution in [0.3, 0.4) is 0 Å². The molecule has 0 saturated heterocycles. The van der Waals surface area contributed by atoms with E-state index in [1.807, 2.05) is 18.2 Å². The highest BCUT2D eigenvalue weighted by Gasteiger charge is 2.37. The number of carbonyl (C=O) groups excluding carboxylic acids is 1. The normalized spacial score (nSPS) is 27.7. The predicted molar refractivity (Wildman–Crippen MR) is 114 cm³/mol. The molecule has 0 radical (unpaired) electrons. The van der Waals surface area contributed by atoms with Gasteiger partial charge in [0.05, 0.1) is 25.6 Å². The largest absolute Gasteiger partial charge is 0.469 e. The summed E-state index contributed by atoms with van der Waals surface area (Å²) in [5.41, 5.74) is 5.51. The minimum Gasteiger partial charge on any atom is -0.469 e. The van der Waals surface area contributed by atoms with E-state index in [-0.39, 0.29) is 30.1 Å². The van der Waals surface area contributed by atoms with Crippen molar-refractivity contribution in [2.45, 2.75) is 51.0 Å². The van der Waals surface area contributed by atoms with Crippen molar-refractivity contribution in [1.82, 2.24) is 5.43 Å². The number of ether oxygens (including phenoxy) is 4. The van der Waals surface area contributed by atoms with E-state index in [9.17, 15) is 4.79 Å². The molecule has 1 N–H and O–H groups in total. The standard InChI is InChI=1S/C23H34N2O5/c1-27-22(26)18-12-19(13-18)24-25-21-10-9-17(11-20(21)23(28-2)29-3)15-30-14-16-7-5-4-6-8-16/h4-8,17-20,23-24H,9-15H2,1-3H3. The molecule has 3 rings (SSSR count). The van der Waals surface area contributed by atoms with Crippen LogP contribution in [-0.2, 0) is 30.3 Å². The maximum atomic E-state index is 11.5. The van der Waals surface area contributed by atoms with E-state index in [0.29, 0.717) is 12.5 Å². The van der Waals surface area contributed by atoms with Crippen molar-refractivity contribution < 1.29 is 23.7 Å². The van der Waals surface area contributed by atoms with Gasteiger partial charge < -0.3 is 24.4 Å². The Hall–Kier alpha value is -1.96. The third kappa shape index (κ3) is 6.03. The number of benzene rings is 1. The molecule has 0 heterocycles. The van der Waals surface area contributed by atoms with Gasteiger partial charge in [0.2, 0.25) is 0 Å². The average Bonchev–Trinajstić information content (AvgIpc) is 2.75. The zero-order valence-electron chi connectivity index (χ0n) is 18.2. The van der Waals surface area contributed by atoms with Gasteiger partial charge in [-0.3, -0.25) is 4.79 Å². The Morgan fingerprint density at radius 2 is 1.87 bits per heavy atom. The van der Waals surface area contributed by atoms with E-state index in [0.717, 1.165) is 44.4 Å². The maximum absolute atomic E-state index is 11.5. The molecule has 7 nitrogen and oxygen atoms in total. The zero-order valence-corrected chi connectivity index (χ0v) is 18.2. The van der Waals surface area contributed by atoms with E-state index in [4.69, 9.17) is 24.0 Å². The lowest BCUT2D eigenvalue weighted by Crippen LogP contribution is -2.44. The highest BCUT2D eigenvalue weighted by molar-refractivity contribution is 5.87. The van der Waals surface area contributed by atoms with Gasteiger partial charge in [-0.25, -0.2) is 0 Å². The number of esters is 1. The van der Waals surface area contributed by atoms with E-state index in [1.54, 1.807) is 14.2 Å². The molecule has 2 aliphatic rings. The molecule has 30 heavy (non-hydrogen) atoms. The number of hydrazone groups is 1. The van der Waals surface area contributed by atoms with Crippen molar-refractivity contribution in [2.75, 3.05) is 27.9 Å². The maximum Gasteiger partial charge on any atom is 0.308 e. The molecule has 1 aromatic rings. The van der Waals surface area contributed by atoms with Crippen molar-refractivity contribution in [3.05, 3.63) is 35.9 Å². The van der Waals surface area contributed by atoms with Gasteiger partial charge in [-0.1, -0.05) is 30.3 Å². The van der Waals surface area contributed by atoms with Crippen molar-refractivity contribution >= 4 is 11.7 Å². The predicted octanol–water partition coefficient (Wildman–Crippen LogP) is 3.14. The van der Waals surface area contributed by atoms with Crippen LogP contribution in [0.15, 0.2) is 35.4 Å². The quantitative estimate of drug-likeness (QED) is 0.357. The van der Waals surface area contributed by atoms with Gasteiger partial charge in [0.25, 0.3) is 0 Å². The molecule has 166 valence electrons. The highest BCUT2D eigenvalue weighted by Crippen LogP contribution is 2.32. The number of nitrogens with zero attached hydrogens (tertiary/aromatic N) is 1. The van der Waals surface area contributed by atoms with Crippen LogP contribution in [0.4, 0.5) is 0 Å². The molecule has 7 heteroatoms. The third-order valence-corrected chi connectivity index (χ3v) is 6.15. The number of hydrogen-bond acceptors (Lipinski definition) is 7. The summed E-state index contributed by atoms with van der Waals surface area (Å²) in [5.74, 6) is 0.390. The molecular weight excluding hydrogens is 384 g/mol. The van der Waals surface area contributed by atoms with Crippen LogP contribution in [0.25, 0.3) is 0 Å². The van der Waals surface area contributed by atoms with Gasteiger partial charge in [-0.05, 0) is 43.6 Å². The average molecular weight is 419 g/mol. The summed E-state index contributed by atoms with van der Waals surface area (Å²) in [5, 5.41) is 4.70. The van der Waals surface area contributed by atoms with Crippen LogP contribution in [0.5, 0.6) is 0 Å². The zero-order chi connectivity index (χ0) is 21.3. The minimum atomic E-state index is -0.327. The Morgan fingerprint density at radius 3 is 2.53 bits per heavy atom. The van der Waals surface area contributed by atoms with E-state index in [2.05, 4.69) is 17.6 Å². The van der Waals surface area contributed by atoms with Gasteiger partial charge in [0.1, 0.15) is 0 Å². The fourth-order valence-corrected chi connectivity index (χ4v) is 4.31. The summed E-state index contributed by atoms with van der Waals surface area (Å²) in [4.78, 5) is 11.5. The number of nitrogens with one attached hydrogen (secondary N) is 1. The molecule has 0 bridgehead atoms. The fraction of sp³-hybridized carbons (Fsp3) is 0.652. The summed E-state index contributed by atoms with van der Waals surface area (Å²) in [6.45, 7) is 1.35. The molecule has 2 unspecified atom stereocenters. The summed E-state index contributed by atoms with van der Waals surface area (Å²) >= 11 is 0. The molecule has 0 spiro atoms. The Balaban J connectivity index is 1.51. The van der Waals surface area contributed by atoms with Gasteiger partial charge in [0.15, 0.2) is 6.29 Å². The first kappa shape index (κ1) is 22.7. The molecule has 2 aliphatic carbocycles. The SMILES string of the molecule is COC(=O)C1CC(NN=C2CCC(COCc3ccccc3)CC2C(OC)OC)C1. The monoisotopic (exact) mass is 418 g/mol. The summed E-state index contributed by atoms with van der Waals surface area (Å²) in [7, 11) is 4.77. The summed E-state index contributed by atoms with van der Waals surface area (Å²) in [6, 6.07) is 10.5. The Morgan fingerprint density at radius 1 is 1.13 bits per heavy atom. The van der Waals surface area contributed by atoms with Crippen LogP contribution in [-0.4, -0.2) is 51.9 Å². The van der Waals surface area contributed by atoms with Crippen molar-refractivity contribution in [3.8, 4) is 0 Å². The smallest absolute Gasteiger partial charge is 0.308 e. The first-order valence-electron chi connectivity index (χ1n) is 10.7. The van der Waals surface area contributed by atoms with Gasteiger partial charge in [0, 0.05) is 32.6 Å². The second kappa shape index (κ2) is 11.4. The Bertz CT molecular complexity index is 686. The Kier molecular flexibility index (Phi) is 8.66. The Labute approximate surface area is 179 Å². The van der Waals surface area contributed by atoms with Gasteiger partial charge in [-0.2, -0.15) is 5.10 Å². The minimum absolute atomic E-state index is 0.00769. The molecule has 0 amide bonds. The van der Waals surface area contributed by atoms with Crippen molar-refractivity contribution in [1.29, 1.82) is 0 Å². The first-order chi connectivity index (χ1) is 14.6. The number of hydrogen-bond donors (Lipinski definition) is 1. The van der Waals surface area contributed by atoms with E-state index >= 15 is 0 Å². The van der Waals surface area contributed by atoms with Crippen LogP contribution in [0, 0.1) is 17.8 Å². The number of methoxy groups -OCH3 is 3. The molecular formula is C23H34N2O5. The lowest BCUT2D eigenvalue weighted by molar-refractivity contribution is -0.149. The summed E-state index contributed by atoms with van der Waals surface area (Å²) < 4.78 is 21.9. The molecule has 2 atom stereocenters. The number of rotatable bonds is 10.